The van der Waals surface area contributed by atoms with Crippen LogP contribution >= 0.6 is 0 Å². The minimum absolute atomic E-state index is 0.178. The first-order valence-electron chi connectivity index (χ1n) is 6.66. The van der Waals surface area contributed by atoms with Crippen molar-refractivity contribution in [1.82, 2.24) is 0 Å². The summed E-state index contributed by atoms with van der Waals surface area (Å²) in [5, 5.41) is 8.59. The fourth-order valence-corrected chi connectivity index (χ4v) is 1.72. The van der Waals surface area contributed by atoms with Crippen molar-refractivity contribution in [3.05, 3.63) is 29.8 Å². The Bertz CT molecular complexity index is 343. The maximum Gasteiger partial charge on any atom is 0.303 e. The second-order valence-electron chi connectivity index (χ2n) is 4.45. The van der Waals surface area contributed by atoms with Crippen molar-refractivity contribution in [2.75, 3.05) is 6.61 Å². The zero-order chi connectivity index (χ0) is 13.2. The predicted molar refractivity (Wildman–Crippen MR) is 72.0 cm³/mol. The molecule has 100 valence electrons. The van der Waals surface area contributed by atoms with E-state index in [0.29, 0.717) is 6.42 Å². The first kappa shape index (κ1) is 14.6. The number of carbonyl (C=O) groups is 1. The van der Waals surface area contributed by atoms with Crippen molar-refractivity contribution < 1.29 is 14.6 Å². The van der Waals surface area contributed by atoms with Gasteiger partial charge in [-0.25, -0.2) is 0 Å². The fraction of sp³-hybridized carbons (Fsp3) is 0.533. The highest BCUT2D eigenvalue weighted by Gasteiger charge is 2.00. The van der Waals surface area contributed by atoms with E-state index in [1.54, 1.807) is 0 Å². The van der Waals surface area contributed by atoms with E-state index in [1.165, 1.54) is 19.3 Å². The Kier molecular flexibility index (Phi) is 6.92. The average molecular weight is 250 g/mol. The van der Waals surface area contributed by atoms with Gasteiger partial charge in [-0.05, 0) is 30.5 Å². The minimum atomic E-state index is -0.758. The number of hydrogen-bond donors (Lipinski definition) is 1. The molecule has 3 heteroatoms. The number of unbranched alkanes of at least 4 members (excludes halogenated alkanes) is 3. The van der Waals surface area contributed by atoms with E-state index in [4.69, 9.17) is 9.84 Å². The van der Waals surface area contributed by atoms with Crippen LogP contribution in [-0.4, -0.2) is 17.7 Å². The van der Waals surface area contributed by atoms with Crippen molar-refractivity contribution in [3.8, 4) is 5.75 Å². The SMILES string of the molecule is CCCCCCOc1ccc(CCC(=O)O)cc1. The van der Waals surface area contributed by atoms with Gasteiger partial charge in [0.2, 0.25) is 0 Å². The number of hydrogen-bond acceptors (Lipinski definition) is 2. The summed E-state index contributed by atoms with van der Waals surface area (Å²) in [6, 6.07) is 7.70. The lowest BCUT2D eigenvalue weighted by molar-refractivity contribution is -0.136. The van der Waals surface area contributed by atoms with Crippen molar-refractivity contribution in [2.24, 2.45) is 0 Å². The summed E-state index contributed by atoms with van der Waals surface area (Å²) in [6.45, 7) is 2.95. The molecular formula is C15H22O3. The third-order valence-electron chi connectivity index (χ3n) is 2.82. The predicted octanol–water partition coefficient (Wildman–Crippen LogP) is 3.66. The Morgan fingerprint density at radius 3 is 2.50 bits per heavy atom. The largest absolute Gasteiger partial charge is 0.494 e. The normalized spacial score (nSPS) is 10.3. The monoisotopic (exact) mass is 250 g/mol. The van der Waals surface area contributed by atoms with Crippen LogP contribution in [0.3, 0.4) is 0 Å². The van der Waals surface area contributed by atoms with Crippen LogP contribution in [0.2, 0.25) is 0 Å². The van der Waals surface area contributed by atoms with E-state index in [1.807, 2.05) is 24.3 Å². The van der Waals surface area contributed by atoms with Crippen LogP contribution in [-0.2, 0) is 11.2 Å². The highest BCUT2D eigenvalue weighted by Crippen LogP contribution is 2.14. The molecule has 0 amide bonds. The molecule has 0 aromatic heterocycles. The van der Waals surface area contributed by atoms with E-state index in [-0.39, 0.29) is 6.42 Å². The maximum atomic E-state index is 10.4. The summed E-state index contributed by atoms with van der Waals surface area (Å²) in [5.74, 6) is 0.108. The lowest BCUT2D eigenvalue weighted by Gasteiger charge is -2.06. The number of aryl methyl sites for hydroxylation is 1. The Balaban J connectivity index is 2.25. The zero-order valence-corrected chi connectivity index (χ0v) is 11.0. The van der Waals surface area contributed by atoms with Crippen LogP contribution in [0.5, 0.6) is 5.75 Å². The number of carboxylic acids is 1. The molecular weight excluding hydrogens is 228 g/mol. The van der Waals surface area contributed by atoms with Gasteiger partial charge in [-0.2, -0.15) is 0 Å². The van der Waals surface area contributed by atoms with E-state index in [0.717, 1.165) is 24.3 Å². The van der Waals surface area contributed by atoms with Gasteiger partial charge in [0.1, 0.15) is 5.75 Å². The van der Waals surface area contributed by atoms with Gasteiger partial charge in [0.25, 0.3) is 0 Å². The van der Waals surface area contributed by atoms with Gasteiger partial charge in [0.05, 0.1) is 6.61 Å². The smallest absolute Gasteiger partial charge is 0.303 e. The van der Waals surface area contributed by atoms with Gasteiger partial charge >= 0.3 is 5.97 Å². The molecule has 0 aliphatic rings. The van der Waals surface area contributed by atoms with E-state index < -0.39 is 5.97 Å². The van der Waals surface area contributed by atoms with Crippen LogP contribution < -0.4 is 4.74 Å². The molecule has 1 rings (SSSR count). The molecule has 18 heavy (non-hydrogen) atoms. The molecule has 1 aromatic carbocycles. The molecule has 0 spiro atoms. The number of aliphatic carboxylic acids is 1. The summed E-state index contributed by atoms with van der Waals surface area (Å²) in [7, 11) is 0. The Labute approximate surface area is 109 Å². The molecule has 1 N–H and O–H groups in total. The number of ether oxygens (including phenoxy) is 1. The topological polar surface area (TPSA) is 46.5 Å². The number of carboxylic acid groups (broad SMARTS) is 1. The molecule has 1 aromatic rings. The standard InChI is InChI=1S/C15H22O3/c1-2-3-4-5-12-18-14-9-6-13(7-10-14)8-11-15(16)17/h6-7,9-10H,2-5,8,11-12H2,1H3,(H,16,17). The summed E-state index contributed by atoms with van der Waals surface area (Å²) >= 11 is 0. The van der Waals surface area contributed by atoms with Crippen LogP contribution in [0.15, 0.2) is 24.3 Å². The second-order valence-corrected chi connectivity index (χ2v) is 4.45. The molecule has 0 unspecified atom stereocenters. The van der Waals surface area contributed by atoms with Crippen molar-refractivity contribution in [2.45, 2.75) is 45.4 Å². The van der Waals surface area contributed by atoms with E-state index >= 15 is 0 Å². The third-order valence-corrected chi connectivity index (χ3v) is 2.82. The fourth-order valence-electron chi connectivity index (χ4n) is 1.72. The maximum absolute atomic E-state index is 10.4. The minimum Gasteiger partial charge on any atom is -0.494 e. The van der Waals surface area contributed by atoms with Gasteiger partial charge < -0.3 is 9.84 Å². The summed E-state index contributed by atoms with van der Waals surface area (Å²) in [4.78, 5) is 10.4. The lowest BCUT2D eigenvalue weighted by atomic mass is 10.1. The molecule has 0 saturated heterocycles. The summed E-state index contributed by atoms with van der Waals surface area (Å²) in [5.41, 5.74) is 1.04. The number of rotatable bonds is 9. The van der Waals surface area contributed by atoms with Crippen molar-refractivity contribution >= 4 is 5.97 Å². The van der Waals surface area contributed by atoms with Crippen LogP contribution in [0.1, 0.15) is 44.6 Å². The van der Waals surface area contributed by atoms with Gasteiger partial charge in [0.15, 0.2) is 0 Å². The lowest BCUT2D eigenvalue weighted by Crippen LogP contribution is -1.99. The summed E-state index contributed by atoms with van der Waals surface area (Å²) < 4.78 is 5.62. The first-order valence-corrected chi connectivity index (χ1v) is 6.66. The molecule has 0 bridgehead atoms. The van der Waals surface area contributed by atoms with Crippen molar-refractivity contribution in [1.29, 1.82) is 0 Å². The summed E-state index contributed by atoms with van der Waals surface area (Å²) in [6.07, 6.45) is 5.56. The molecule has 0 radical (unpaired) electrons. The first-order chi connectivity index (χ1) is 8.72. The second kappa shape index (κ2) is 8.56. The molecule has 0 fully saturated rings. The highest BCUT2D eigenvalue weighted by molar-refractivity contribution is 5.67. The van der Waals surface area contributed by atoms with Crippen molar-refractivity contribution in [3.63, 3.8) is 0 Å². The number of benzene rings is 1. The zero-order valence-electron chi connectivity index (χ0n) is 11.0. The van der Waals surface area contributed by atoms with Gasteiger partial charge in [-0.3, -0.25) is 4.79 Å². The van der Waals surface area contributed by atoms with Gasteiger partial charge in [0, 0.05) is 6.42 Å². The third kappa shape index (κ3) is 6.28. The molecule has 0 atom stereocenters. The highest BCUT2D eigenvalue weighted by atomic mass is 16.5. The molecule has 3 nitrogen and oxygen atoms in total. The van der Waals surface area contributed by atoms with Crippen LogP contribution in [0.4, 0.5) is 0 Å². The Hall–Kier alpha value is -1.51. The van der Waals surface area contributed by atoms with Crippen LogP contribution in [0, 0.1) is 0 Å². The quantitative estimate of drug-likeness (QED) is 0.680. The Morgan fingerprint density at radius 1 is 1.17 bits per heavy atom. The average Bonchev–Trinajstić information content (AvgIpc) is 2.37. The Morgan fingerprint density at radius 2 is 1.89 bits per heavy atom. The molecule has 0 saturated carbocycles. The van der Waals surface area contributed by atoms with Crippen LogP contribution in [0.25, 0.3) is 0 Å². The van der Waals surface area contributed by atoms with Gasteiger partial charge in [-0.1, -0.05) is 38.3 Å². The van der Waals surface area contributed by atoms with E-state index in [2.05, 4.69) is 6.92 Å². The molecule has 0 heterocycles. The van der Waals surface area contributed by atoms with Gasteiger partial charge in [-0.15, -0.1) is 0 Å². The van der Waals surface area contributed by atoms with E-state index in [9.17, 15) is 4.79 Å². The molecule has 0 aliphatic carbocycles. The molecule has 0 aliphatic heterocycles.